The Morgan fingerprint density at radius 1 is 1.07 bits per heavy atom. The smallest absolute Gasteiger partial charge is 0.0372 e. The monoisotopic (exact) mass is 203 g/mol. The van der Waals surface area contributed by atoms with Crippen molar-refractivity contribution in [3.63, 3.8) is 0 Å². The number of nitrogen functional groups attached to an aromatic ring is 1. The summed E-state index contributed by atoms with van der Waals surface area (Å²) in [5.74, 6) is 0. The molecule has 0 atom stereocenters. The Morgan fingerprint density at radius 3 is 2.43 bits per heavy atom. The second-order valence-corrected chi connectivity index (χ2v) is 4.42. The molecule has 0 saturated carbocycles. The summed E-state index contributed by atoms with van der Waals surface area (Å²) in [5.41, 5.74) is 10.4. The predicted molar refractivity (Wildman–Crippen MR) is 63.6 cm³/mol. The molecule has 2 heteroatoms. The van der Waals surface area contributed by atoms with Gasteiger partial charge in [0.05, 0.1) is 0 Å². The van der Waals surface area contributed by atoms with Crippen molar-refractivity contribution in [1.82, 2.24) is 0 Å². The molecule has 14 heavy (non-hydrogen) atoms. The first-order valence-electron chi connectivity index (χ1n) is 4.59. The minimum Gasteiger partial charge on any atom is -0.399 e. The predicted octanol–water partition coefficient (Wildman–Crippen LogP) is 3.61. The summed E-state index contributed by atoms with van der Waals surface area (Å²) in [6.07, 6.45) is 0. The lowest BCUT2D eigenvalue weighted by Crippen LogP contribution is -1.89. The Labute approximate surface area is 88.2 Å². The average molecular weight is 203 g/mol. The van der Waals surface area contributed by atoms with Crippen LogP contribution in [0.15, 0.2) is 29.6 Å². The van der Waals surface area contributed by atoms with E-state index in [4.69, 9.17) is 5.73 Å². The van der Waals surface area contributed by atoms with E-state index in [0.29, 0.717) is 0 Å². The number of benzene rings is 1. The van der Waals surface area contributed by atoms with Crippen LogP contribution in [0.3, 0.4) is 0 Å². The molecule has 0 aliphatic carbocycles. The third-order valence-electron chi connectivity index (χ3n) is 2.39. The molecule has 0 spiro atoms. The van der Waals surface area contributed by atoms with Crippen molar-refractivity contribution in [2.75, 3.05) is 5.73 Å². The zero-order valence-corrected chi connectivity index (χ0v) is 9.19. The first-order chi connectivity index (χ1) is 6.68. The molecule has 0 amide bonds. The Morgan fingerprint density at radius 2 is 1.86 bits per heavy atom. The van der Waals surface area contributed by atoms with E-state index < -0.39 is 0 Å². The van der Waals surface area contributed by atoms with E-state index in [1.807, 2.05) is 13.0 Å². The lowest BCUT2D eigenvalue weighted by Gasteiger charge is -2.04. The fourth-order valence-corrected chi connectivity index (χ4v) is 2.41. The quantitative estimate of drug-likeness (QED) is 0.704. The molecule has 2 aromatic rings. The molecular weight excluding hydrogens is 190 g/mol. The maximum Gasteiger partial charge on any atom is 0.0372 e. The van der Waals surface area contributed by atoms with Crippen molar-refractivity contribution in [1.29, 1.82) is 0 Å². The fraction of sp³-hybridized carbons (Fsp3) is 0.167. The van der Waals surface area contributed by atoms with Gasteiger partial charge in [0.15, 0.2) is 0 Å². The first kappa shape index (κ1) is 9.28. The second-order valence-electron chi connectivity index (χ2n) is 3.50. The molecule has 0 aliphatic heterocycles. The van der Waals surface area contributed by atoms with Gasteiger partial charge >= 0.3 is 0 Å². The third kappa shape index (κ3) is 1.53. The number of aryl methyl sites for hydroxylation is 2. The lowest BCUT2D eigenvalue weighted by molar-refractivity contribution is 1.46. The Bertz CT molecular complexity index is 457. The lowest BCUT2D eigenvalue weighted by atomic mass is 10.1. The van der Waals surface area contributed by atoms with E-state index in [2.05, 4.69) is 30.5 Å². The number of hydrogen-bond acceptors (Lipinski definition) is 2. The summed E-state index contributed by atoms with van der Waals surface area (Å²) < 4.78 is 0. The van der Waals surface area contributed by atoms with Crippen molar-refractivity contribution >= 4 is 17.0 Å². The second kappa shape index (κ2) is 3.46. The first-order valence-corrected chi connectivity index (χ1v) is 5.47. The van der Waals surface area contributed by atoms with E-state index in [1.165, 1.54) is 16.0 Å². The molecule has 0 fully saturated rings. The van der Waals surface area contributed by atoms with Crippen molar-refractivity contribution in [2.45, 2.75) is 13.8 Å². The molecule has 1 heterocycles. The van der Waals surface area contributed by atoms with Gasteiger partial charge in [-0.1, -0.05) is 6.07 Å². The molecular formula is C12H13NS. The highest BCUT2D eigenvalue weighted by Gasteiger charge is 2.04. The van der Waals surface area contributed by atoms with E-state index in [9.17, 15) is 0 Å². The van der Waals surface area contributed by atoms with Gasteiger partial charge in [0.1, 0.15) is 0 Å². The minimum absolute atomic E-state index is 0.864. The standard InChI is InChI=1S/C12H13NS/c1-8-5-6-14-12(8)10-3-4-11(13)9(2)7-10/h3-7H,13H2,1-2H3. The Kier molecular flexibility index (Phi) is 2.30. The highest BCUT2D eigenvalue weighted by atomic mass is 32.1. The van der Waals surface area contributed by atoms with E-state index >= 15 is 0 Å². The van der Waals surface area contributed by atoms with Gasteiger partial charge < -0.3 is 5.73 Å². The van der Waals surface area contributed by atoms with Gasteiger partial charge in [-0.2, -0.15) is 0 Å². The summed E-state index contributed by atoms with van der Waals surface area (Å²) in [5, 5.41) is 2.12. The van der Waals surface area contributed by atoms with Gasteiger partial charge in [0.2, 0.25) is 0 Å². The van der Waals surface area contributed by atoms with Crippen molar-refractivity contribution in [2.24, 2.45) is 0 Å². The van der Waals surface area contributed by atoms with Crippen molar-refractivity contribution in [3.05, 3.63) is 40.8 Å². The maximum atomic E-state index is 5.78. The van der Waals surface area contributed by atoms with Gasteiger partial charge in [-0.25, -0.2) is 0 Å². The molecule has 2 N–H and O–H groups in total. The van der Waals surface area contributed by atoms with E-state index in [-0.39, 0.29) is 0 Å². The number of hydrogen-bond donors (Lipinski definition) is 1. The van der Waals surface area contributed by atoms with Crippen LogP contribution in [0, 0.1) is 13.8 Å². The number of thiophene rings is 1. The van der Waals surface area contributed by atoms with Crippen LogP contribution in [-0.4, -0.2) is 0 Å². The van der Waals surface area contributed by atoms with Gasteiger partial charge in [-0.05, 0) is 54.1 Å². The highest BCUT2D eigenvalue weighted by Crippen LogP contribution is 2.30. The summed E-state index contributed by atoms with van der Waals surface area (Å²) >= 11 is 1.78. The molecule has 0 aliphatic rings. The van der Waals surface area contributed by atoms with Crippen molar-refractivity contribution < 1.29 is 0 Å². The largest absolute Gasteiger partial charge is 0.399 e. The van der Waals surface area contributed by atoms with Gasteiger partial charge in [0, 0.05) is 10.6 Å². The van der Waals surface area contributed by atoms with Gasteiger partial charge in [0.25, 0.3) is 0 Å². The molecule has 1 aromatic carbocycles. The molecule has 2 rings (SSSR count). The number of nitrogens with two attached hydrogens (primary N) is 1. The number of anilines is 1. The summed E-state index contributed by atoms with van der Waals surface area (Å²) in [7, 11) is 0. The van der Waals surface area contributed by atoms with Gasteiger partial charge in [-0.3, -0.25) is 0 Å². The number of rotatable bonds is 1. The van der Waals surface area contributed by atoms with Crippen LogP contribution in [0.5, 0.6) is 0 Å². The third-order valence-corrected chi connectivity index (χ3v) is 3.46. The molecule has 0 saturated heterocycles. The van der Waals surface area contributed by atoms with E-state index in [0.717, 1.165) is 11.3 Å². The normalized spacial score (nSPS) is 10.4. The zero-order valence-electron chi connectivity index (χ0n) is 8.37. The molecule has 0 bridgehead atoms. The van der Waals surface area contributed by atoms with Crippen LogP contribution in [-0.2, 0) is 0 Å². The van der Waals surface area contributed by atoms with Crippen molar-refractivity contribution in [3.8, 4) is 10.4 Å². The highest BCUT2D eigenvalue weighted by molar-refractivity contribution is 7.13. The Balaban J connectivity index is 2.53. The van der Waals surface area contributed by atoms with E-state index in [1.54, 1.807) is 11.3 Å². The van der Waals surface area contributed by atoms with Crippen LogP contribution >= 0.6 is 11.3 Å². The van der Waals surface area contributed by atoms with Crippen LogP contribution in [0.4, 0.5) is 5.69 Å². The molecule has 0 radical (unpaired) electrons. The zero-order chi connectivity index (χ0) is 10.1. The average Bonchev–Trinajstić information content (AvgIpc) is 2.57. The van der Waals surface area contributed by atoms with Crippen LogP contribution < -0.4 is 5.73 Å². The van der Waals surface area contributed by atoms with Crippen LogP contribution in [0.2, 0.25) is 0 Å². The summed E-state index contributed by atoms with van der Waals surface area (Å²) in [6.45, 7) is 4.18. The summed E-state index contributed by atoms with van der Waals surface area (Å²) in [4.78, 5) is 1.34. The topological polar surface area (TPSA) is 26.0 Å². The van der Waals surface area contributed by atoms with Crippen LogP contribution in [0.25, 0.3) is 10.4 Å². The molecule has 72 valence electrons. The van der Waals surface area contributed by atoms with Gasteiger partial charge in [-0.15, -0.1) is 11.3 Å². The summed E-state index contributed by atoms with van der Waals surface area (Å²) in [6, 6.07) is 8.35. The Hall–Kier alpha value is -1.28. The maximum absolute atomic E-state index is 5.78. The molecule has 1 aromatic heterocycles. The van der Waals surface area contributed by atoms with Crippen LogP contribution in [0.1, 0.15) is 11.1 Å². The SMILES string of the molecule is Cc1cc(-c2sccc2C)ccc1N. The molecule has 1 nitrogen and oxygen atoms in total. The minimum atomic E-state index is 0.864. The fourth-order valence-electron chi connectivity index (χ4n) is 1.49. The molecule has 0 unspecified atom stereocenters.